The highest BCUT2D eigenvalue weighted by Gasteiger charge is 2.25. The van der Waals surface area contributed by atoms with Gasteiger partial charge in [0, 0.05) is 24.3 Å². The number of hydrogen-bond donors (Lipinski definition) is 1. The topological polar surface area (TPSA) is 15.3 Å². The van der Waals surface area contributed by atoms with Gasteiger partial charge in [-0.3, -0.25) is 0 Å². The number of anilines is 1. The molecule has 2 nitrogen and oxygen atoms in total. The van der Waals surface area contributed by atoms with Gasteiger partial charge in [0.2, 0.25) is 0 Å². The first-order chi connectivity index (χ1) is 7.56. The number of benzene rings is 1. The Morgan fingerprint density at radius 1 is 1.50 bits per heavy atom. The van der Waals surface area contributed by atoms with Crippen LogP contribution in [0.4, 0.5) is 10.1 Å². The molecule has 1 aromatic carbocycles. The monoisotopic (exact) mass is 286 g/mol. The smallest absolute Gasteiger partial charge is 0.139 e. The average Bonchev–Trinajstić information content (AvgIpc) is 2.52. The molecular formula is C12H16BrFN2. The highest BCUT2D eigenvalue weighted by molar-refractivity contribution is 9.10. The first-order valence-electron chi connectivity index (χ1n) is 5.48. The highest BCUT2D eigenvalue weighted by atomic mass is 79.9. The molecule has 1 N–H and O–H groups in total. The van der Waals surface area contributed by atoms with Crippen LogP contribution in [0.3, 0.4) is 0 Å². The van der Waals surface area contributed by atoms with Crippen molar-refractivity contribution >= 4 is 21.6 Å². The van der Waals surface area contributed by atoms with E-state index in [1.807, 2.05) is 6.07 Å². The normalized spacial score (nSPS) is 26.0. The van der Waals surface area contributed by atoms with Crippen LogP contribution < -0.4 is 5.32 Å². The molecular weight excluding hydrogens is 271 g/mol. The minimum Gasteiger partial charge on any atom is -0.381 e. The second-order valence-electron chi connectivity index (χ2n) is 4.49. The summed E-state index contributed by atoms with van der Waals surface area (Å²) in [5.41, 5.74) is 0.855. The van der Waals surface area contributed by atoms with Crippen LogP contribution in [0.25, 0.3) is 0 Å². The minimum absolute atomic E-state index is 0.218. The van der Waals surface area contributed by atoms with E-state index in [4.69, 9.17) is 0 Å². The molecule has 2 atom stereocenters. The zero-order valence-electron chi connectivity index (χ0n) is 9.50. The van der Waals surface area contributed by atoms with Crippen LogP contribution in [0, 0.1) is 5.82 Å². The molecule has 16 heavy (non-hydrogen) atoms. The Kier molecular flexibility index (Phi) is 3.50. The summed E-state index contributed by atoms with van der Waals surface area (Å²) in [6.07, 6.45) is 1.11. The van der Waals surface area contributed by atoms with E-state index in [0.717, 1.165) is 18.7 Å². The summed E-state index contributed by atoms with van der Waals surface area (Å²) < 4.78 is 13.8. The summed E-state index contributed by atoms with van der Waals surface area (Å²) in [5, 5.41) is 3.37. The van der Waals surface area contributed by atoms with Crippen LogP contribution in [0.5, 0.6) is 0 Å². The molecule has 88 valence electrons. The lowest BCUT2D eigenvalue weighted by atomic mass is 10.2. The van der Waals surface area contributed by atoms with Gasteiger partial charge in [-0.1, -0.05) is 0 Å². The number of nitrogens with zero attached hydrogens (tertiary/aromatic N) is 1. The Hall–Kier alpha value is -0.610. The number of hydrogen-bond acceptors (Lipinski definition) is 2. The summed E-state index contributed by atoms with van der Waals surface area (Å²) >= 11 is 3.15. The van der Waals surface area contributed by atoms with Crippen molar-refractivity contribution in [2.75, 3.05) is 18.9 Å². The van der Waals surface area contributed by atoms with Crippen LogP contribution in [0.1, 0.15) is 13.3 Å². The number of rotatable bonds is 2. The van der Waals surface area contributed by atoms with E-state index in [1.165, 1.54) is 6.07 Å². The lowest BCUT2D eigenvalue weighted by Crippen LogP contribution is -2.24. The maximum Gasteiger partial charge on any atom is 0.139 e. The quantitative estimate of drug-likeness (QED) is 0.899. The third kappa shape index (κ3) is 2.55. The predicted octanol–water partition coefficient (Wildman–Crippen LogP) is 3.09. The van der Waals surface area contributed by atoms with Gasteiger partial charge in [-0.25, -0.2) is 4.39 Å². The van der Waals surface area contributed by atoms with Gasteiger partial charge in [-0.15, -0.1) is 0 Å². The summed E-state index contributed by atoms with van der Waals surface area (Å²) in [6, 6.07) is 6.18. The summed E-state index contributed by atoms with van der Waals surface area (Å²) in [7, 11) is 2.12. The standard InChI is InChI=1S/C12H16BrFN2/c1-8-5-10(7-16(8)2)15-9-3-4-11(13)12(14)6-9/h3-4,6,8,10,15H,5,7H2,1-2H3. The second-order valence-corrected chi connectivity index (χ2v) is 5.35. The molecule has 4 heteroatoms. The average molecular weight is 287 g/mol. The van der Waals surface area contributed by atoms with Crippen molar-refractivity contribution in [1.29, 1.82) is 0 Å². The van der Waals surface area contributed by atoms with Crippen LogP contribution >= 0.6 is 15.9 Å². The summed E-state index contributed by atoms with van der Waals surface area (Å²) in [4.78, 5) is 2.31. The first-order valence-corrected chi connectivity index (χ1v) is 6.27. The third-order valence-electron chi connectivity index (χ3n) is 3.18. The zero-order valence-corrected chi connectivity index (χ0v) is 11.1. The Morgan fingerprint density at radius 2 is 2.25 bits per heavy atom. The zero-order chi connectivity index (χ0) is 11.7. The molecule has 1 aliphatic rings. The second kappa shape index (κ2) is 4.72. The number of halogens is 2. The number of nitrogens with one attached hydrogen (secondary N) is 1. The largest absolute Gasteiger partial charge is 0.381 e. The van der Waals surface area contributed by atoms with E-state index >= 15 is 0 Å². The van der Waals surface area contributed by atoms with Gasteiger partial charge < -0.3 is 10.2 Å². The van der Waals surface area contributed by atoms with Crippen LogP contribution in [0.2, 0.25) is 0 Å². The fourth-order valence-electron chi connectivity index (χ4n) is 2.12. The maximum atomic E-state index is 13.3. The lowest BCUT2D eigenvalue weighted by molar-refractivity contribution is 0.330. The van der Waals surface area contributed by atoms with Gasteiger partial charge in [-0.2, -0.15) is 0 Å². The Balaban J connectivity index is 2.02. The van der Waals surface area contributed by atoms with E-state index in [1.54, 1.807) is 6.07 Å². The van der Waals surface area contributed by atoms with Gasteiger partial charge in [0.1, 0.15) is 5.82 Å². The van der Waals surface area contributed by atoms with Crippen molar-refractivity contribution in [2.45, 2.75) is 25.4 Å². The van der Waals surface area contributed by atoms with Gasteiger partial charge in [0.15, 0.2) is 0 Å². The Morgan fingerprint density at radius 3 is 2.81 bits per heavy atom. The first kappa shape index (κ1) is 11.9. The van der Waals surface area contributed by atoms with E-state index < -0.39 is 0 Å². The van der Waals surface area contributed by atoms with E-state index in [0.29, 0.717) is 16.6 Å². The van der Waals surface area contributed by atoms with Crippen molar-refractivity contribution in [3.05, 3.63) is 28.5 Å². The van der Waals surface area contributed by atoms with Crippen molar-refractivity contribution in [1.82, 2.24) is 4.90 Å². The molecule has 1 aromatic rings. The van der Waals surface area contributed by atoms with Gasteiger partial charge in [-0.05, 0) is 54.5 Å². The third-order valence-corrected chi connectivity index (χ3v) is 3.82. The fourth-order valence-corrected chi connectivity index (χ4v) is 2.37. The van der Waals surface area contributed by atoms with E-state index in [-0.39, 0.29) is 5.82 Å². The molecule has 0 radical (unpaired) electrons. The minimum atomic E-state index is -0.218. The molecule has 2 rings (SSSR count). The molecule has 1 saturated heterocycles. The molecule has 0 spiro atoms. The molecule has 1 fully saturated rings. The number of likely N-dealkylation sites (N-methyl/N-ethyl adjacent to an activating group) is 1. The van der Waals surface area contributed by atoms with E-state index in [9.17, 15) is 4.39 Å². The lowest BCUT2D eigenvalue weighted by Gasteiger charge is -2.14. The predicted molar refractivity (Wildman–Crippen MR) is 68.2 cm³/mol. The van der Waals surface area contributed by atoms with Crippen molar-refractivity contribution in [3.63, 3.8) is 0 Å². The van der Waals surface area contributed by atoms with Crippen LogP contribution in [-0.4, -0.2) is 30.6 Å². The fraction of sp³-hybridized carbons (Fsp3) is 0.500. The molecule has 0 saturated carbocycles. The highest BCUT2D eigenvalue weighted by Crippen LogP contribution is 2.23. The maximum absolute atomic E-state index is 13.3. The van der Waals surface area contributed by atoms with E-state index in [2.05, 4.69) is 40.1 Å². The van der Waals surface area contributed by atoms with Gasteiger partial charge in [0.05, 0.1) is 4.47 Å². The molecule has 0 aliphatic carbocycles. The van der Waals surface area contributed by atoms with Crippen LogP contribution in [0.15, 0.2) is 22.7 Å². The molecule has 1 heterocycles. The summed E-state index contributed by atoms with van der Waals surface area (Å²) in [5.74, 6) is -0.218. The molecule has 2 unspecified atom stereocenters. The Labute approximate surface area is 104 Å². The SMILES string of the molecule is CC1CC(Nc2ccc(Br)c(F)c2)CN1C. The van der Waals surface area contributed by atoms with Gasteiger partial charge in [0.25, 0.3) is 0 Å². The molecule has 0 bridgehead atoms. The van der Waals surface area contributed by atoms with Gasteiger partial charge >= 0.3 is 0 Å². The Bertz CT molecular complexity index is 373. The molecule has 1 aliphatic heterocycles. The molecule has 0 aromatic heterocycles. The summed E-state index contributed by atoms with van der Waals surface area (Å²) in [6.45, 7) is 3.22. The van der Waals surface area contributed by atoms with Crippen molar-refractivity contribution < 1.29 is 4.39 Å². The van der Waals surface area contributed by atoms with Crippen molar-refractivity contribution in [2.24, 2.45) is 0 Å². The van der Waals surface area contributed by atoms with Crippen molar-refractivity contribution in [3.8, 4) is 0 Å². The van der Waals surface area contributed by atoms with Crippen LogP contribution in [-0.2, 0) is 0 Å². The molecule has 0 amide bonds. The number of likely N-dealkylation sites (tertiary alicyclic amines) is 1.